The van der Waals surface area contributed by atoms with Gasteiger partial charge in [-0.3, -0.25) is 14.8 Å². The molecular weight excluding hydrogens is 360 g/mol. The third-order valence-electron chi connectivity index (χ3n) is 4.25. The third kappa shape index (κ3) is 3.69. The van der Waals surface area contributed by atoms with Crippen molar-refractivity contribution in [1.29, 1.82) is 0 Å². The smallest absolute Gasteiger partial charge is 0.294 e. The fourth-order valence-electron chi connectivity index (χ4n) is 2.75. The minimum atomic E-state index is -3.77. The maximum atomic E-state index is 12.8. The van der Waals surface area contributed by atoms with Crippen LogP contribution in [0.3, 0.4) is 0 Å². The lowest BCUT2D eigenvalue weighted by atomic mass is 10.2. The summed E-state index contributed by atoms with van der Waals surface area (Å²) in [4.78, 5) is 12.8. The van der Waals surface area contributed by atoms with Crippen LogP contribution in [0.15, 0.2) is 35.5 Å². The summed E-state index contributed by atoms with van der Waals surface area (Å²) >= 11 is 0. The highest BCUT2D eigenvalue weighted by molar-refractivity contribution is 7.89. The van der Waals surface area contributed by atoms with Crippen LogP contribution >= 0.6 is 0 Å². The lowest BCUT2D eigenvalue weighted by molar-refractivity contribution is -0.384. The van der Waals surface area contributed by atoms with Crippen molar-refractivity contribution in [2.75, 3.05) is 38.5 Å². The van der Waals surface area contributed by atoms with Gasteiger partial charge in [-0.15, -0.1) is 0 Å². The number of anilines is 2. The highest BCUT2D eigenvalue weighted by atomic mass is 32.2. The zero-order valence-corrected chi connectivity index (χ0v) is 15.3. The van der Waals surface area contributed by atoms with Crippen LogP contribution in [-0.2, 0) is 17.1 Å². The van der Waals surface area contributed by atoms with Crippen LogP contribution in [0.2, 0.25) is 0 Å². The number of rotatable bonds is 5. The monoisotopic (exact) mass is 380 g/mol. The molecule has 0 radical (unpaired) electrons. The molecule has 0 aliphatic carbocycles. The van der Waals surface area contributed by atoms with Crippen LogP contribution in [0.4, 0.5) is 17.1 Å². The summed E-state index contributed by atoms with van der Waals surface area (Å²) < 4.78 is 28.5. The molecule has 0 unspecified atom stereocenters. The summed E-state index contributed by atoms with van der Waals surface area (Å²) in [5, 5.41) is 18.3. The van der Waals surface area contributed by atoms with Gasteiger partial charge < -0.3 is 10.2 Å². The van der Waals surface area contributed by atoms with E-state index in [1.54, 1.807) is 17.9 Å². The van der Waals surface area contributed by atoms with Gasteiger partial charge in [-0.25, -0.2) is 8.42 Å². The zero-order chi connectivity index (χ0) is 18.9. The van der Waals surface area contributed by atoms with Crippen LogP contribution in [-0.4, -0.2) is 65.6 Å². The van der Waals surface area contributed by atoms with E-state index in [-0.39, 0.29) is 16.3 Å². The van der Waals surface area contributed by atoms with Crippen molar-refractivity contribution in [3.05, 3.63) is 40.7 Å². The van der Waals surface area contributed by atoms with E-state index in [0.29, 0.717) is 31.9 Å². The van der Waals surface area contributed by atoms with Crippen LogP contribution in [0, 0.1) is 10.1 Å². The van der Waals surface area contributed by atoms with E-state index in [1.807, 2.05) is 11.9 Å². The van der Waals surface area contributed by atoms with Crippen LogP contribution in [0.25, 0.3) is 0 Å². The first kappa shape index (κ1) is 18.3. The van der Waals surface area contributed by atoms with E-state index in [1.165, 1.54) is 22.6 Å². The third-order valence-corrected chi connectivity index (χ3v) is 6.14. The molecule has 1 aromatic carbocycles. The van der Waals surface area contributed by atoms with Crippen molar-refractivity contribution >= 4 is 27.1 Å². The van der Waals surface area contributed by atoms with Gasteiger partial charge in [0, 0.05) is 45.5 Å². The molecule has 2 aromatic rings. The Bertz CT molecular complexity index is 918. The Morgan fingerprint density at radius 1 is 1.19 bits per heavy atom. The number of nitrogens with zero attached hydrogens (tertiary/aromatic N) is 5. The number of likely N-dealkylation sites (N-methyl/N-ethyl adjacent to an activating group) is 1. The second-order valence-electron chi connectivity index (χ2n) is 6.17. The van der Waals surface area contributed by atoms with Crippen molar-refractivity contribution in [3.63, 3.8) is 0 Å². The summed E-state index contributed by atoms with van der Waals surface area (Å²) in [6, 6.07) is 3.90. The Labute approximate surface area is 151 Å². The summed E-state index contributed by atoms with van der Waals surface area (Å²) in [5.41, 5.74) is 0.481. The second kappa shape index (κ2) is 7.02. The largest absolute Gasteiger partial charge is 0.347 e. The average molecular weight is 380 g/mol. The topological polar surface area (TPSA) is 114 Å². The van der Waals surface area contributed by atoms with Gasteiger partial charge in [0.1, 0.15) is 5.69 Å². The van der Waals surface area contributed by atoms with Gasteiger partial charge in [0.05, 0.1) is 21.7 Å². The van der Waals surface area contributed by atoms with E-state index >= 15 is 0 Å². The maximum absolute atomic E-state index is 12.8. The van der Waals surface area contributed by atoms with Crippen LogP contribution < -0.4 is 5.32 Å². The molecule has 0 saturated carbocycles. The number of nitro groups is 1. The van der Waals surface area contributed by atoms with Crippen molar-refractivity contribution in [3.8, 4) is 0 Å². The molecule has 1 N–H and O–H groups in total. The number of hydrogen-bond donors (Lipinski definition) is 1. The maximum Gasteiger partial charge on any atom is 0.294 e. The molecule has 1 fully saturated rings. The van der Waals surface area contributed by atoms with Crippen molar-refractivity contribution in [1.82, 2.24) is 19.0 Å². The number of nitrogens with one attached hydrogen (secondary N) is 1. The summed E-state index contributed by atoms with van der Waals surface area (Å²) in [7, 11) is -0.117. The van der Waals surface area contributed by atoms with E-state index in [4.69, 9.17) is 0 Å². The molecule has 0 atom stereocenters. The first-order chi connectivity index (χ1) is 12.3. The SMILES string of the molecule is CN1CCN(S(=O)(=O)c2ccc(Nc3cnn(C)c3)c([N+](=O)[O-])c2)CC1. The van der Waals surface area contributed by atoms with E-state index in [9.17, 15) is 18.5 Å². The Morgan fingerprint density at radius 2 is 1.88 bits per heavy atom. The molecule has 10 nitrogen and oxygen atoms in total. The Morgan fingerprint density at radius 3 is 2.46 bits per heavy atom. The highest BCUT2D eigenvalue weighted by Crippen LogP contribution is 2.31. The van der Waals surface area contributed by atoms with Gasteiger partial charge in [-0.1, -0.05) is 0 Å². The minimum absolute atomic E-state index is 0.0783. The quantitative estimate of drug-likeness (QED) is 0.608. The Balaban J connectivity index is 1.91. The first-order valence-corrected chi connectivity index (χ1v) is 9.44. The molecule has 1 aliphatic rings. The Hall–Kier alpha value is -2.50. The van der Waals surface area contributed by atoms with Crippen molar-refractivity contribution in [2.45, 2.75) is 4.90 Å². The Kier molecular flexibility index (Phi) is 4.94. The number of aryl methyl sites for hydroxylation is 1. The van der Waals surface area contributed by atoms with Gasteiger partial charge in [0.25, 0.3) is 5.69 Å². The van der Waals surface area contributed by atoms with E-state index < -0.39 is 14.9 Å². The lowest BCUT2D eigenvalue weighted by Gasteiger charge is -2.31. The summed E-state index contributed by atoms with van der Waals surface area (Å²) in [5.74, 6) is 0. The second-order valence-corrected chi connectivity index (χ2v) is 8.11. The zero-order valence-electron chi connectivity index (χ0n) is 14.5. The molecule has 0 spiro atoms. The molecule has 26 heavy (non-hydrogen) atoms. The van der Waals surface area contributed by atoms with Crippen LogP contribution in [0.5, 0.6) is 0 Å². The lowest BCUT2D eigenvalue weighted by Crippen LogP contribution is -2.47. The molecule has 1 aliphatic heterocycles. The number of hydrogen-bond acceptors (Lipinski definition) is 7. The van der Waals surface area contributed by atoms with Crippen molar-refractivity contribution in [2.24, 2.45) is 7.05 Å². The molecule has 3 rings (SSSR count). The fourth-order valence-corrected chi connectivity index (χ4v) is 4.19. The number of sulfonamides is 1. The number of benzene rings is 1. The minimum Gasteiger partial charge on any atom is -0.347 e. The van der Waals surface area contributed by atoms with Gasteiger partial charge in [0.15, 0.2) is 0 Å². The number of piperazine rings is 1. The predicted octanol–water partition coefficient (Wildman–Crippen LogP) is 1.01. The normalized spacial score (nSPS) is 16.5. The molecule has 11 heteroatoms. The van der Waals surface area contributed by atoms with E-state index in [0.717, 1.165) is 6.07 Å². The molecule has 140 valence electrons. The molecule has 1 saturated heterocycles. The molecular formula is C15H20N6O4S. The fraction of sp³-hybridized carbons (Fsp3) is 0.400. The summed E-state index contributed by atoms with van der Waals surface area (Å²) in [6.07, 6.45) is 3.19. The van der Waals surface area contributed by atoms with Gasteiger partial charge >= 0.3 is 0 Å². The van der Waals surface area contributed by atoms with Crippen LogP contribution in [0.1, 0.15) is 0 Å². The van der Waals surface area contributed by atoms with Gasteiger partial charge in [-0.2, -0.15) is 9.40 Å². The average Bonchev–Trinajstić information content (AvgIpc) is 3.00. The molecule has 2 heterocycles. The molecule has 1 aromatic heterocycles. The predicted molar refractivity (Wildman–Crippen MR) is 95.8 cm³/mol. The standard InChI is InChI=1S/C15H20N6O4S/c1-18-5-7-20(8-6-18)26(24,25)13-3-4-14(15(9-13)21(22)23)17-12-10-16-19(2)11-12/h3-4,9-11,17H,5-8H2,1-2H3. The highest BCUT2D eigenvalue weighted by Gasteiger charge is 2.29. The van der Waals surface area contributed by atoms with Gasteiger partial charge in [-0.05, 0) is 19.2 Å². The number of aromatic nitrogens is 2. The molecule has 0 bridgehead atoms. The molecule has 0 amide bonds. The number of nitro benzene ring substituents is 1. The summed E-state index contributed by atoms with van der Waals surface area (Å²) in [6.45, 7) is 1.98. The van der Waals surface area contributed by atoms with Crippen molar-refractivity contribution < 1.29 is 13.3 Å². The van der Waals surface area contributed by atoms with E-state index in [2.05, 4.69) is 10.4 Å². The first-order valence-electron chi connectivity index (χ1n) is 8.00. The van der Waals surface area contributed by atoms with Gasteiger partial charge in [0.2, 0.25) is 10.0 Å².